The molecular weight excluding hydrogens is 433 g/mol. The van der Waals surface area contributed by atoms with Gasteiger partial charge in [0.05, 0.1) is 0 Å². The maximum Gasteiger partial charge on any atom is 0.490 e. The number of amides is 3. The van der Waals surface area contributed by atoms with Crippen LogP contribution in [0.25, 0.3) is 0 Å². The molecule has 1 atom stereocenters. The highest BCUT2D eigenvalue weighted by molar-refractivity contribution is 6.05. The largest absolute Gasteiger partial charge is 0.490 e. The molecule has 1 aromatic rings. The van der Waals surface area contributed by atoms with E-state index in [-0.39, 0.29) is 30.2 Å². The smallest absolute Gasteiger partial charge is 0.475 e. The number of carbonyl (C=O) groups excluding carboxylic acids is 3. The molecule has 2 fully saturated rings. The third-order valence-electron chi connectivity index (χ3n) is 5.66. The summed E-state index contributed by atoms with van der Waals surface area (Å²) in [6.07, 6.45) is -2.52. The van der Waals surface area contributed by atoms with Gasteiger partial charge < -0.3 is 20.6 Å². The first-order chi connectivity index (χ1) is 15.0. The minimum Gasteiger partial charge on any atom is -0.475 e. The average molecular weight is 456 g/mol. The lowest BCUT2D eigenvalue weighted by Crippen LogP contribution is -2.52. The number of nitrogens with zero attached hydrogens (tertiary/aromatic N) is 2. The molecule has 0 bridgehead atoms. The van der Waals surface area contributed by atoms with Gasteiger partial charge in [-0.05, 0) is 37.0 Å². The number of imide groups is 1. The number of carboxylic acid groups (broad SMARTS) is 1. The van der Waals surface area contributed by atoms with E-state index in [1.165, 1.54) is 0 Å². The molecule has 4 rings (SSSR count). The van der Waals surface area contributed by atoms with E-state index >= 15 is 0 Å². The van der Waals surface area contributed by atoms with Crippen molar-refractivity contribution >= 4 is 29.4 Å². The molecule has 2 saturated heterocycles. The van der Waals surface area contributed by atoms with Crippen molar-refractivity contribution < 1.29 is 37.5 Å². The van der Waals surface area contributed by atoms with Gasteiger partial charge in [0.1, 0.15) is 6.04 Å². The van der Waals surface area contributed by atoms with Gasteiger partial charge in [-0.15, -0.1) is 0 Å². The average Bonchev–Trinajstić information content (AvgIpc) is 3.04. The van der Waals surface area contributed by atoms with Crippen molar-refractivity contribution in [2.75, 3.05) is 18.0 Å². The summed E-state index contributed by atoms with van der Waals surface area (Å²) in [5, 5.41) is 9.45. The standard InChI is InChI=1S/C18H22N4O3.C2HF3O2/c19-12-5-7-21(8-6-12)13-2-1-11-10-22(18(25)14(11)9-13)15-3-4-16(23)20-17(15)24;3-2(4,5)1(6)7/h1-2,9,12,15H,3-8,10,19H2,(H,20,23,24);(H,6,7). The number of hydrogen-bond donors (Lipinski definition) is 3. The highest BCUT2D eigenvalue weighted by Crippen LogP contribution is 2.31. The van der Waals surface area contributed by atoms with Gasteiger partial charge in [0.2, 0.25) is 11.8 Å². The molecule has 174 valence electrons. The van der Waals surface area contributed by atoms with Crippen molar-refractivity contribution in [1.29, 1.82) is 0 Å². The maximum absolute atomic E-state index is 12.8. The van der Waals surface area contributed by atoms with E-state index in [4.69, 9.17) is 15.6 Å². The third-order valence-corrected chi connectivity index (χ3v) is 5.66. The monoisotopic (exact) mass is 456 g/mol. The van der Waals surface area contributed by atoms with E-state index in [1.54, 1.807) is 4.90 Å². The minimum atomic E-state index is -5.08. The number of carboxylic acids is 1. The number of nitrogens with two attached hydrogens (primary N) is 1. The predicted octanol–water partition coefficient (Wildman–Crippen LogP) is 1.01. The van der Waals surface area contributed by atoms with E-state index in [0.717, 1.165) is 37.2 Å². The Kier molecular flexibility index (Phi) is 6.72. The van der Waals surface area contributed by atoms with Gasteiger partial charge in [-0.1, -0.05) is 6.07 Å². The molecule has 4 N–H and O–H groups in total. The fourth-order valence-corrected chi connectivity index (χ4v) is 3.90. The van der Waals surface area contributed by atoms with Gasteiger partial charge in [-0.2, -0.15) is 13.2 Å². The zero-order valence-corrected chi connectivity index (χ0v) is 17.0. The van der Waals surface area contributed by atoms with Gasteiger partial charge in [0.25, 0.3) is 5.91 Å². The number of nitrogens with one attached hydrogen (secondary N) is 1. The molecule has 3 heterocycles. The summed E-state index contributed by atoms with van der Waals surface area (Å²) in [7, 11) is 0. The van der Waals surface area contributed by atoms with Crippen LogP contribution in [-0.4, -0.2) is 65.0 Å². The molecule has 3 aliphatic rings. The highest BCUT2D eigenvalue weighted by atomic mass is 19.4. The van der Waals surface area contributed by atoms with E-state index in [1.807, 2.05) is 18.2 Å². The molecule has 9 nitrogen and oxygen atoms in total. The first kappa shape index (κ1) is 23.5. The van der Waals surface area contributed by atoms with E-state index < -0.39 is 18.2 Å². The quantitative estimate of drug-likeness (QED) is 0.566. The second kappa shape index (κ2) is 9.15. The maximum atomic E-state index is 12.8. The lowest BCUT2D eigenvalue weighted by molar-refractivity contribution is -0.192. The van der Waals surface area contributed by atoms with Crippen LogP contribution in [0.3, 0.4) is 0 Å². The van der Waals surface area contributed by atoms with Gasteiger partial charge in [0.15, 0.2) is 0 Å². The Labute approximate surface area is 181 Å². The van der Waals surface area contributed by atoms with Crippen LogP contribution < -0.4 is 16.0 Å². The van der Waals surface area contributed by atoms with E-state index in [2.05, 4.69) is 10.2 Å². The van der Waals surface area contributed by atoms with Crippen molar-refractivity contribution in [3.8, 4) is 0 Å². The number of carbonyl (C=O) groups is 4. The van der Waals surface area contributed by atoms with Crippen LogP contribution in [0.15, 0.2) is 18.2 Å². The predicted molar refractivity (Wildman–Crippen MR) is 106 cm³/mol. The molecule has 1 unspecified atom stereocenters. The molecule has 32 heavy (non-hydrogen) atoms. The lowest BCUT2D eigenvalue weighted by Gasteiger charge is -2.32. The fraction of sp³-hybridized carbons (Fsp3) is 0.500. The zero-order valence-electron chi connectivity index (χ0n) is 17.0. The van der Waals surface area contributed by atoms with Crippen molar-refractivity contribution in [3.63, 3.8) is 0 Å². The summed E-state index contributed by atoms with van der Waals surface area (Å²) in [5.74, 6) is -3.52. The van der Waals surface area contributed by atoms with Crippen molar-refractivity contribution in [1.82, 2.24) is 10.2 Å². The second-order valence-electron chi connectivity index (χ2n) is 7.87. The van der Waals surface area contributed by atoms with Crippen LogP contribution in [0.5, 0.6) is 0 Å². The van der Waals surface area contributed by atoms with Crippen LogP contribution in [0.2, 0.25) is 0 Å². The Morgan fingerprint density at radius 1 is 1.12 bits per heavy atom. The van der Waals surface area contributed by atoms with Crippen LogP contribution in [0.1, 0.15) is 41.6 Å². The summed E-state index contributed by atoms with van der Waals surface area (Å²) in [6, 6.07) is 5.64. The van der Waals surface area contributed by atoms with Crippen LogP contribution >= 0.6 is 0 Å². The van der Waals surface area contributed by atoms with Crippen LogP contribution in [-0.2, 0) is 20.9 Å². The molecule has 12 heteroatoms. The van der Waals surface area contributed by atoms with E-state index in [0.29, 0.717) is 18.5 Å². The van der Waals surface area contributed by atoms with Crippen molar-refractivity contribution in [2.45, 2.75) is 50.5 Å². The normalized spacial score (nSPS) is 21.6. The number of benzene rings is 1. The van der Waals surface area contributed by atoms with Crippen LogP contribution in [0, 0.1) is 0 Å². The van der Waals surface area contributed by atoms with Crippen molar-refractivity contribution in [2.24, 2.45) is 5.73 Å². The number of rotatable bonds is 2. The SMILES string of the molecule is NC1CCN(c2ccc3c(c2)C(=O)N(C2CCC(=O)NC2=O)C3)CC1.O=C(O)C(F)(F)F. The summed E-state index contributed by atoms with van der Waals surface area (Å²) in [5.41, 5.74) is 8.59. The zero-order chi connectivity index (χ0) is 23.6. The number of alkyl halides is 3. The minimum absolute atomic E-state index is 0.125. The molecule has 0 saturated carbocycles. The van der Waals surface area contributed by atoms with E-state index in [9.17, 15) is 27.6 Å². The molecule has 3 amide bonds. The Hall–Kier alpha value is -3.15. The molecule has 3 aliphatic heterocycles. The lowest BCUT2D eigenvalue weighted by atomic mass is 10.0. The van der Waals surface area contributed by atoms with Crippen molar-refractivity contribution in [3.05, 3.63) is 29.3 Å². The summed E-state index contributed by atoms with van der Waals surface area (Å²) < 4.78 is 31.7. The first-order valence-corrected chi connectivity index (χ1v) is 10.1. The van der Waals surface area contributed by atoms with Gasteiger partial charge in [-0.25, -0.2) is 4.79 Å². The first-order valence-electron chi connectivity index (χ1n) is 10.1. The summed E-state index contributed by atoms with van der Waals surface area (Å²) >= 11 is 0. The molecule has 0 spiro atoms. The number of fused-ring (bicyclic) bond motifs is 1. The summed E-state index contributed by atoms with van der Waals surface area (Å²) in [6.45, 7) is 2.21. The molecule has 0 radical (unpaired) electrons. The van der Waals surface area contributed by atoms with Gasteiger partial charge in [-0.3, -0.25) is 19.7 Å². The Morgan fingerprint density at radius 3 is 2.31 bits per heavy atom. The summed E-state index contributed by atoms with van der Waals surface area (Å²) in [4.78, 5) is 49.0. The number of piperidine rings is 2. The Morgan fingerprint density at radius 2 is 1.75 bits per heavy atom. The number of halogens is 3. The Balaban J connectivity index is 0.000000360. The molecular formula is C20H23F3N4O5. The number of anilines is 1. The topological polar surface area (TPSA) is 133 Å². The number of hydrogen-bond acceptors (Lipinski definition) is 6. The van der Waals surface area contributed by atoms with Crippen LogP contribution in [0.4, 0.5) is 18.9 Å². The Bertz CT molecular complexity index is 928. The molecule has 1 aromatic carbocycles. The fourth-order valence-electron chi connectivity index (χ4n) is 3.90. The highest BCUT2D eigenvalue weighted by Gasteiger charge is 2.39. The molecule has 0 aromatic heterocycles. The molecule has 0 aliphatic carbocycles. The third kappa shape index (κ3) is 5.18. The second-order valence-corrected chi connectivity index (χ2v) is 7.87. The number of aliphatic carboxylic acids is 1. The van der Waals surface area contributed by atoms with Gasteiger partial charge in [0, 0.05) is 43.3 Å². The van der Waals surface area contributed by atoms with Gasteiger partial charge >= 0.3 is 12.1 Å².